The minimum atomic E-state index is 0.676. The van der Waals surface area contributed by atoms with E-state index >= 15 is 0 Å². The average Bonchev–Trinajstić information content (AvgIpc) is 3.48. The van der Waals surface area contributed by atoms with Gasteiger partial charge in [-0.15, -0.1) is 11.3 Å². The standard InChI is InChI=1S/C42H24N2S/c1-43-28-19-21-42-38(23-28)37-22-27(18-20-41(37)45-42)33-24-34-31-14-7-8-15-32(31)36(25-35(34)30-13-6-5-12-29(30)33)40-17-9-16-39(44-40)26-10-3-2-4-11-26/h2-25H. The van der Waals surface area contributed by atoms with Gasteiger partial charge in [-0.05, 0) is 96.7 Å². The summed E-state index contributed by atoms with van der Waals surface area (Å²) in [5, 5.41) is 9.65. The first-order valence-electron chi connectivity index (χ1n) is 15.0. The lowest BCUT2D eigenvalue weighted by atomic mass is 9.88. The molecule has 0 atom stereocenters. The van der Waals surface area contributed by atoms with Crippen molar-refractivity contribution in [1.29, 1.82) is 0 Å². The van der Waals surface area contributed by atoms with Crippen molar-refractivity contribution in [3.8, 4) is 33.6 Å². The number of hydrogen-bond donors (Lipinski definition) is 0. The highest BCUT2D eigenvalue weighted by Gasteiger charge is 2.16. The largest absolute Gasteiger partial charge is 0.248 e. The second-order valence-electron chi connectivity index (χ2n) is 11.4. The van der Waals surface area contributed by atoms with Gasteiger partial charge in [-0.1, -0.05) is 103 Å². The molecule has 0 aliphatic carbocycles. The molecular weight excluding hydrogens is 565 g/mol. The number of pyridine rings is 1. The third-order valence-electron chi connectivity index (χ3n) is 8.87. The van der Waals surface area contributed by atoms with Crippen molar-refractivity contribution >= 4 is 69.5 Å². The molecular formula is C42H24N2S. The maximum atomic E-state index is 7.53. The summed E-state index contributed by atoms with van der Waals surface area (Å²) in [6.07, 6.45) is 0. The Morgan fingerprint density at radius 2 is 1.02 bits per heavy atom. The normalized spacial score (nSPS) is 11.5. The van der Waals surface area contributed by atoms with E-state index in [9.17, 15) is 0 Å². The van der Waals surface area contributed by atoms with Gasteiger partial charge in [-0.3, -0.25) is 0 Å². The average molecular weight is 589 g/mol. The minimum absolute atomic E-state index is 0.676. The number of hydrogen-bond acceptors (Lipinski definition) is 2. The van der Waals surface area contributed by atoms with Crippen LogP contribution >= 0.6 is 11.3 Å². The molecule has 2 heterocycles. The van der Waals surface area contributed by atoms with Gasteiger partial charge in [-0.25, -0.2) is 9.83 Å². The Kier molecular flexibility index (Phi) is 5.78. The van der Waals surface area contributed by atoms with Crippen molar-refractivity contribution in [2.75, 3.05) is 0 Å². The van der Waals surface area contributed by atoms with Crippen LogP contribution in [0.2, 0.25) is 0 Å². The monoisotopic (exact) mass is 588 g/mol. The van der Waals surface area contributed by atoms with Crippen LogP contribution in [0.15, 0.2) is 146 Å². The molecule has 7 aromatic carbocycles. The van der Waals surface area contributed by atoms with Crippen LogP contribution in [0, 0.1) is 6.57 Å². The van der Waals surface area contributed by atoms with E-state index < -0.39 is 0 Å². The Bertz CT molecular complexity index is 2660. The summed E-state index contributed by atoms with van der Waals surface area (Å²) in [6, 6.07) is 51.7. The molecule has 2 nitrogen and oxygen atoms in total. The van der Waals surface area contributed by atoms with Gasteiger partial charge >= 0.3 is 0 Å². The molecule has 208 valence electrons. The third kappa shape index (κ3) is 4.12. The van der Waals surface area contributed by atoms with E-state index in [0.717, 1.165) is 27.9 Å². The molecule has 0 fully saturated rings. The van der Waals surface area contributed by atoms with E-state index in [4.69, 9.17) is 11.6 Å². The highest BCUT2D eigenvalue weighted by Crippen LogP contribution is 2.43. The molecule has 2 aromatic heterocycles. The Hall–Kier alpha value is -5.82. The highest BCUT2D eigenvalue weighted by atomic mass is 32.1. The molecule has 0 aliphatic rings. The zero-order valence-electron chi connectivity index (χ0n) is 24.2. The summed E-state index contributed by atoms with van der Waals surface area (Å²) >= 11 is 1.78. The summed E-state index contributed by atoms with van der Waals surface area (Å²) in [5.74, 6) is 0. The first-order valence-corrected chi connectivity index (χ1v) is 15.8. The smallest absolute Gasteiger partial charge is 0.187 e. The second-order valence-corrected chi connectivity index (χ2v) is 12.5. The van der Waals surface area contributed by atoms with Gasteiger partial charge in [0.25, 0.3) is 0 Å². The maximum absolute atomic E-state index is 7.53. The van der Waals surface area contributed by atoms with Gasteiger partial charge in [-0.2, -0.15) is 0 Å². The minimum Gasteiger partial charge on any atom is -0.248 e. The van der Waals surface area contributed by atoms with Gasteiger partial charge < -0.3 is 0 Å². The van der Waals surface area contributed by atoms with Crippen LogP contribution in [0.1, 0.15) is 0 Å². The lowest BCUT2D eigenvalue weighted by Gasteiger charge is -2.16. The van der Waals surface area contributed by atoms with E-state index in [-0.39, 0.29) is 0 Å². The number of thiophene rings is 1. The number of rotatable bonds is 3. The molecule has 0 aliphatic heterocycles. The Labute approximate surface area is 264 Å². The maximum Gasteiger partial charge on any atom is 0.187 e. The first kappa shape index (κ1) is 25.7. The summed E-state index contributed by atoms with van der Waals surface area (Å²) in [5.41, 5.74) is 7.25. The van der Waals surface area contributed by atoms with Crippen LogP contribution in [0.25, 0.3) is 91.0 Å². The van der Waals surface area contributed by atoms with Crippen LogP contribution in [0.3, 0.4) is 0 Å². The van der Waals surface area contributed by atoms with Gasteiger partial charge in [0.2, 0.25) is 0 Å². The second kappa shape index (κ2) is 10.1. The number of nitrogens with zero attached hydrogens (tertiary/aromatic N) is 2. The molecule has 0 spiro atoms. The summed E-state index contributed by atoms with van der Waals surface area (Å²) in [6.45, 7) is 7.53. The predicted molar refractivity (Wildman–Crippen MR) is 192 cm³/mol. The third-order valence-corrected chi connectivity index (χ3v) is 10.0. The van der Waals surface area contributed by atoms with Crippen molar-refractivity contribution in [1.82, 2.24) is 4.98 Å². The van der Waals surface area contributed by atoms with Crippen LogP contribution < -0.4 is 0 Å². The molecule has 0 unspecified atom stereocenters. The molecule has 0 saturated heterocycles. The Balaban J connectivity index is 1.32. The van der Waals surface area contributed by atoms with Gasteiger partial charge in [0.05, 0.1) is 18.0 Å². The molecule has 0 N–H and O–H groups in total. The SMILES string of the molecule is [C-]#[N+]c1ccc2sc3ccc(-c4cc5c6ccccc6c(-c6cccc(-c7ccccc7)n6)cc5c5ccccc45)cc3c2c1. The molecule has 0 amide bonds. The van der Waals surface area contributed by atoms with Crippen molar-refractivity contribution < 1.29 is 0 Å². The summed E-state index contributed by atoms with van der Waals surface area (Å²) < 4.78 is 2.45. The van der Waals surface area contributed by atoms with Crippen LogP contribution in [-0.4, -0.2) is 4.98 Å². The summed E-state index contributed by atoms with van der Waals surface area (Å²) in [4.78, 5) is 8.85. The molecule has 0 bridgehead atoms. The fourth-order valence-corrected chi connectivity index (χ4v) is 7.83. The highest BCUT2D eigenvalue weighted by molar-refractivity contribution is 7.25. The zero-order chi connectivity index (χ0) is 29.9. The van der Waals surface area contributed by atoms with Crippen molar-refractivity contribution in [2.45, 2.75) is 0 Å². The quantitative estimate of drug-likeness (QED) is 0.148. The molecule has 0 radical (unpaired) electrons. The fraction of sp³-hybridized carbons (Fsp3) is 0. The molecule has 45 heavy (non-hydrogen) atoms. The van der Waals surface area contributed by atoms with E-state index in [2.05, 4.69) is 132 Å². The predicted octanol–water partition coefficient (Wildman–Crippen LogP) is 12.5. The zero-order valence-corrected chi connectivity index (χ0v) is 25.0. The lowest BCUT2D eigenvalue weighted by Crippen LogP contribution is -1.91. The molecule has 9 rings (SSSR count). The number of fused-ring (bicyclic) bond motifs is 8. The van der Waals surface area contributed by atoms with Crippen molar-refractivity contribution in [3.63, 3.8) is 0 Å². The molecule has 9 aromatic rings. The van der Waals surface area contributed by atoms with Crippen LogP contribution in [-0.2, 0) is 0 Å². The lowest BCUT2D eigenvalue weighted by molar-refractivity contribution is 1.33. The number of aromatic nitrogens is 1. The van der Waals surface area contributed by atoms with Gasteiger partial charge in [0.15, 0.2) is 5.69 Å². The van der Waals surface area contributed by atoms with Crippen molar-refractivity contribution in [2.24, 2.45) is 0 Å². The van der Waals surface area contributed by atoms with Gasteiger partial charge in [0.1, 0.15) is 0 Å². The van der Waals surface area contributed by atoms with Crippen LogP contribution in [0.4, 0.5) is 5.69 Å². The Morgan fingerprint density at radius 1 is 0.422 bits per heavy atom. The van der Waals surface area contributed by atoms with E-state index in [1.807, 2.05) is 18.2 Å². The van der Waals surface area contributed by atoms with E-state index in [0.29, 0.717) is 5.69 Å². The van der Waals surface area contributed by atoms with Crippen LogP contribution in [0.5, 0.6) is 0 Å². The molecule has 0 saturated carbocycles. The van der Waals surface area contributed by atoms with E-state index in [1.54, 1.807) is 11.3 Å². The molecule has 3 heteroatoms. The Morgan fingerprint density at radius 3 is 1.76 bits per heavy atom. The fourth-order valence-electron chi connectivity index (χ4n) is 6.76. The van der Waals surface area contributed by atoms with E-state index in [1.165, 1.54) is 58.2 Å². The number of benzene rings is 7. The topological polar surface area (TPSA) is 17.2 Å². The van der Waals surface area contributed by atoms with Gasteiger partial charge in [0, 0.05) is 20.5 Å². The first-order chi connectivity index (χ1) is 22.2. The van der Waals surface area contributed by atoms with Crippen molar-refractivity contribution in [3.05, 3.63) is 157 Å². The summed E-state index contributed by atoms with van der Waals surface area (Å²) in [7, 11) is 0.